The number of nitrogens with two attached hydrogens (primary N) is 1. The Hall–Kier alpha value is -5.15. The van der Waals surface area contributed by atoms with Gasteiger partial charge in [-0.15, -0.1) is 0 Å². The number of anilines is 1. The summed E-state index contributed by atoms with van der Waals surface area (Å²) in [7, 11) is 3.18. The number of para-hydroxylation sites is 3. The third kappa shape index (κ3) is 6.68. The molecular formula is C36H37N3O6. The van der Waals surface area contributed by atoms with E-state index in [0.717, 1.165) is 70.2 Å². The summed E-state index contributed by atoms with van der Waals surface area (Å²) in [6.07, 6.45) is 5.39. The van der Waals surface area contributed by atoms with Crippen molar-refractivity contribution < 1.29 is 30.4 Å². The molecule has 9 nitrogen and oxygen atoms in total. The Morgan fingerprint density at radius 2 is 1.31 bits per heavy atom. The number of hydrogen-bond acceptors (Lipinski definition) is 9. The van der Waals surface area contributed by atoms with Crippen LogP contribution in [0.25, 0.3) is 33.2 Å². The normalized spacial score (nSPS) is 13.5. The Morgan fingerprint density at radius 3 is 1.87 bits per heavy atom. The van der Waals surface area contributed by atoms with Crippen LogP contribution in [0.4, 0.5) is 5.69 Å². The molecule has 0 atom stereocenters. The van der Waals surface area contributed by atoms with Gasteiger partial charge < -0.3 is 20.3 Å². The molecule has 0 spiro atoms. The molecule has 1 saturated carbocycles. The zero-order valence-corrected chi connectivity index (χ0v) is 25.3. The Balaban J connectivity index is 0.000000198. The van der Waals surface area contributed by atoms with Gasteiger partial charge >= 0.3 is 0 Å². The lowest BCUT2D eigenvalue weighted by Gasteiger charge is -2.20. The minimum atomic E-state index is -0.170. The highest BCUT2D eigenvalue weighted by Crippen LogP contribution is 2.36. The number of ether oxygens (including phenoxy) is 2. The van der Waals surface area contributed by atoms with Crippen LogP contribution in [0.15, 0.2) is 66.7 Å². The van der Waals surface area contributed by atoms with Crippen LogP contribution >= 0.6 is 0 Å². The Kier molecular flexibility index (Phi) is 9.79. The van der Waals surface area contributed by atoms with Crippen molar-refractivity contribution in [2.24, 2.45) is 0 Å². The summed E-state index contributed by atoms with van der Waals surface area (Å²) < 4.78 is 10.4. The molecule has 2 heterocycles. The van der Waals surface area contributed by atoms with E-state index in [1.807, 2.05) is 30.3 Å². The maximum atomic E-state index is 10.4. The van der Waals surface area contributed by atoms with Gasteiger partial charge in [0.2, 0.25) is 0 Å². The van der Waals surface area contributed by atoms with Crippen LogP contribution in [-0.2, 0) is 29.0 Å². The molecule has 0 aliphatic heterocycles. The first-order chi connectivity index (χ1) is 21.9. The molecule has 0 radical (unpaired) electrons. The van der Waals surface area contributed by atoms with Gasteiger partial charge in [0, 0.05) is 36.2 Å². The van der Waals surface area contributed by atoms with E-state index in [4.69, 9.17) is 25.2 Å². The number of carbonyl (C=O) groups excluding carboxylic acids is 3. The third-order valence-electron chi connectivity index (χ3n) is 7.99. The molecule has 5 aromatic rings. The standard InChI is InChI=1S/C22H18N2O2.C8H9NO2.C6H8O2.H2/c1-26-18-7-3-5-14-11-16-9-8-15-10-13-4-2-6-17(12-25)19(13)23-21(15)22(16)24-20(14)18;1-11-7-4-2-3-6(5-10)8(7)9;7-5-3-1-2-4-6(5)8;/h2-7,10-11,25H,8-9,12H2,1H3;2-5H,9H2,1H3;1-4H2;1H/i;;;1+1. The average molecular weight is 609 g/mol. The number of aliphatic hydroxyl groups excluding tert-OH is 1. The highest BCUT2D eigenvalue weighted by atomic mass is 16.5. The number of fused-ring (bicyclic) bond motifs is 5. The topological polar surface area (TPSA) is 142 Å². The van der Waals surface area contributed by atoms with E-state index >= 15 is 0 Å². The fourth-order valence-electron chi connectivity index (χ4n) is 5.56. The predicted octanol–water partition coefficient (Wildman–Crippen LogP) is 6.08. The third-order valence-corrected chi connectivity index (χ3v) is 7.99. The minimum Gasteiger partial charge on any atom is -0.495 e. The average Bonchev–Trinajstić information content (AvgIpc) is 3.08. The van der Waals surface area contributed by atoms with Gasteiger partial charge in [0.1, 0.15) is 17.0 Å². The molecule has 7 rings (SSSR count). The van der Waals surface area contributed by atoms with Crippen molar-refractivity contribution >= 4 is 45.3 Å². The maximum absolute atomic E-state index is 10.4. The van der Waals surface area contributed by atoms with Crippen molar-refractivity contribution in [3.63, 3.8) is 0 Å². The van der Waals surface area contributed by atoms with Gasteiger partial charge in [0.05, 0.1) is 43.4 Å². The summed E-state index contributed by atoms with van der Waals surface area (Å²) in [4.78, 5) is 41.1. The molecule has 2 aliphatic carbocycles. The monoisotopic (exact) mass is 608 g/mol. The number of aryl methyl sites for hydroxylation is 2. The molecule has 3 N–H and O–H groups in total. The smallest absolute Gasteiger partial charge is 0.198 e. The Labute approximate surface area is 262 Å². The van der Waals surface area contributed by atoms with Crippen LogP contribution in [-0.4, -0.2) is 47.1 Å². The number of carbonyl (C=O) groups is 3. The van der Waals surface area contributed by atoms with Crippen molar-refractivity contribution in [3.8, 4) is 22.9 Å². The number of nitrogen functional groups attached to an aromatic ring is 1. The highest BCUT2D eigenvalue weighted by molar-refractivity contribution is 6.37. The molecule has 0 bridgehead atoms. The number of benzene rings is 3. The zero-order valence-electron chi connectivity index (χ0n) is 25.3. The van der Waals surface area contributed by atoms with Gasteiger partial charge in [0.15, 0.2) is 17.9 Å². The van der Waals surface area contributed by atoms with Crippen LogP contribution in [0.5, 0.6) is 11.5 Å². The van der Waals surface area contributed by atoms with Crippen molar-refractivity contribution in [3.05, 3.63) is 89.0 Å². The lowest BCUT2D eigenvalue weighted by Crippen LogP contribution is -2.17. The summed E-state index contributed by atoms with van der Waals surface area (Å²) in [5.41, 5.74) is 13.2. The quantitative estimate of drug-likeness (QED) is 0.141. The number of ketones is 2. The Bertz CT molecular complexity index is 1800. The molecule has 0 saturated heterocycles. The summed E-state index contributed by atoms with van der Waals surface area (Å²) >= 11 is 0. The second kappa shape index (κ2) is 14.1. The van der Waals surface area contributed by atoms with Gasteiger partial charge in [-0.05, 0) is 67.1 Å². The van der Waals surface area contributed by atoms with Crippen molar-refractivity contribution in [2.45, 2.75) is 45.1 Å². The second-order valence-electron chi connectivity index (χ2n) is 10.8. The van der Waals surface area contributed by atoms with Crippen molar-refractivity contribution in [1.82, 2.24) is 9.97 Å². The maximum Gasteiger partial charge on any atom is 0.198 e. The number of aromatic nitrogens is 2. The van der Waals surface area contributed by atoms with Crippen LogP contribution < -0.4 is 15.2 Å². The van der Waals surface area contributed by atoms with E-state index in [0.29, 0.717) is 36.1 Å². The van der Waals surface area contributed by atoms with Crippen LogP contribution in [0.2, 0.25) is 0 Å². The van der Waals surface area contributed by atoms with Gasteiger partial charge in [-0.25, -0.2) is 9.97 Å². The lowest BCUT2D eigenvalue weighted by molar-refractivity contribution is -0.137. The number of aldehydes is 1. The van der Waals surface area contributed by atoms with Crippen LogP contribution in [0.3, 0.4) is 0 Å². The number of rotatable bonds is 4. The number of nitrogens with zero attached hydrogens (tertiary/aromatic N) is 2. The van der Waals surface area contributed by atoms with E-state index in [9.17, 15) is 19.5 Å². The van der Waals surface area contributed by atoms with E-state index < -0.39 is 0 Å². The minimum absolute atomic E-state index is 0. The molecular weight excluding hydrogens is 570 g/mol. The number of Topliss-reactive ketones (excluding diaryl/α,β-unsaturated/α-hetero) is 2. The summed E-state index contributed by atoms with van der Waals surface area (Å²) in [6, 6.07) is 21.4. The van der Waals surface area contributed by atoms with Gasteiger partial charge in [-0.3, -0.25) is 14.4 Å². The van der Waals surface area contributed by atoms with Gasteiger partial charge in [-0.1, -0.05) is 36.4 Å². The van der Waals surface area contributed by atoms with Crippen molar-refractivity contribution in [1.29, 1.82) is 0 Å². The molecule has 9 heteroatoms. The molecule has 0 amide bonds. The van der Waals surface area contributed by atoms with Gasteiger partial charge in [-0.2, -0.15) is 0 Å². The number of hydrogen-bond donors (Lipinski definition) is 2. The first-order valence-electron chi connectivity index (χ1n) is 14.8. The van der Waals surface area contributed by atoms with E-state index in [2.05, 4.69) is 18.2 Å². The second-order valence-corrected chi connectivity index (χ2v) is 10.8. The fourth-order valence-corrected chi connectivity index (χ4v) is 5.56. The molecule has 1 fully saturated rings. The van der Waals surface area contributed by atoms with E-state index in [1.54, 1.807) is 25.3 Å². The zero-order chi connectivity index (χ0) is 31.9. The Morgan fingerprint density at radius 1 is 0.778 bits per heavy atom. The number of aliphatic hydroxyl groups is 1. The predicted molar refractivity (Wildman–Crippen MR) is 176 cm³/mol. The fraction of sp³-hybridized carbons (Fsp3) is 0.250. The van der Waals surface area contributed by atoms with Crippen LogP contribution in [0.1, 0.15) is 54.2 Å². The number of pyridine rings is 2. The molecule has 232 valence electrons. The number of methoxy groups -OCH3 is 2. The summed E-state index contributed by atoms with van der Waals surface area (Å²) in [5.74, 6) is 0.969. The van der Waals surface area contributed by atoms with Crippen molar-refractivity contribution in [2.75, 3.05) is 20.0 Å². The molecule has 45 heavy (non-hydrogen) atoms. The molecule has 3 aromatic carbocycles. The van der Waals surface area contributed by atoms with E-state index in [1.165, 1.54) is 18.2 Å². The first-order valence-corrected chi connectivity index (χ1v) is 14.8. The first kappa shape index (κ1) is 31.3. The largest absolute Gasteiger partial charge is 0.495 e. The lowest BCUT2D eigenvalue weighted by atomic mass is 9.90. The van der Waals surface area contributed by atoms with Crippen LogP contribution in [0, 0.1) is 0 Å². The molecule has 0 unspecified atom stereocenters. The molecule has 2 aromatic heterocycles. The van der Waals surface area contributed by atoms with Gasteiger partial charge in [0.25, 0.3) is 0 Å². The highest BCUT2D eigenvalue weighted by Gasteiger charge is 2.22. The van der Waals surface area contributed by atoms with E-state index in [-0.39, 0.29) is 19.6 Å². The SMILES string of the molecule is COc1cccc(C=O)c1N.COc1cccc2cc3c(nc12)-c1nc2c(CO)cccc2cc1CC3.O=C1CCCCC1=O.[2HH]. The summed E-state index contributed by atoms with van der Waals surface area (Å²) in [5, 5.41) is 11.8. The molecule has 2 aliphatic rings. The summed E-state index contributed by atoms with van der Waals surface area (Å²) in [6.45, 7) is -0.0189.